The second-order valence-corrected chi connectivity index (χ2v) is 7.63. The predicted molar refractivity (Wildman–Crippen MR) is 130 cm³/mol. The van der Waals surface area contributed by atoms with Gasteiger partial charge in [-0.05, 0) is 22.3 Å². The standard InChI is InChI=1S/C30H21FO/c31-29-25(21-13-5-1-6-14-21)27(23-17-9-3-10-18-23)30(32)28(24-19-11-4-12-20-24)26(29)22-15-7-2-8-16-22/h1-20,32H. The maximum absolute atomic E-state index is 16.6. The monoisotopic (exact) mass is 416 g/mol. The molecule has 0 unspecified atom stereocenters. The molecule has 0 saturated carbocycles. The molecule has 0 spiro atoms. The fraction of sp³-hybridized carbons (Fsp3) is 0. The summed E-state index contributed by atoms with van der Waals surface area (Å²) in [6, 6.07) is 37.9. The Hall–Kier alpha value is -4.17. The van der Waals surface area contributed by atoms with E-state index >= 15 is 4.39 Å². The van der Waals surface area contributed by atoms with Crippen molar-refractivity contribution in [2.75, 3.05) is 0 Å². The highest BCUT2D eigenvalue weighted by molar-refractivity contribution is 6.00. The zero-order valence-electron chi connectivity index (χ0n) is 17.4. The first-order valence-corrected chi connectivity index (χ1v) is 10.6. The number of rotatable bonds is 4. The molecule has 0 aromatic heterocycles. The van der Waals surface area contributed by atoms with Gasteiger partial charge in [-0.25, -0.2) is 4.39 Å². The molecule has 154 valence electrons. The van der Waals surface area contributed by atoms with Gasteiger partial charge in [-0.3, -0.25) is 0 Å². The average molecular weight is 416 g/mol. The van der Waals surface area contributed by atoms with Crippen molar-refractivity contribution in [2.24, 2.45) is 0 Å². The number of halogens is 1. The SMILES string of the molecule is Oc1c(-c2ccccc2)c(-c2ccccc2)c(F)c(-c2ccccc2)c1-c1ccccc1. The molecule has 0 atom stereocenters. The summed E-state index contributed by atoms with van der Waals surface area (Å²) in [6.07, 6.45) is 0. The fourth-order valence-electron chi connectivity index (χ4n) is 4.23. The van der Waals surface area contributed by atoms with Gasteiger partial charge < -0.3 is 5.11 Å². The maximum Gasteiger partial charge on any atom is 0.140 e. The predicted octanol–water partition coefficient (Wildman–Crippen LogP) is 8.20. The third kappa shape index (κ3) is 3.46. The molecule has 5 aromatic carbocycles. The van der Waals surface area contributed by atoms with Crippen molar-refractivity contribution < 1.29 is 9.50 Å². The summed E-state index contributed by atoms with van der Waals surface area (Å²) in [5, 5.41) is 11.7. The van der Waals surface area contributed by atoms with Crippen LogP contribution < -0.4 is 0 Å². The van der Waals surface area contributed by atoms with Crippen molar-refractivity contribution in [3.8, 4) is 50.3 Å². The summed E-state index contributed by atoms with van der Waals surface area (Å²) >= 11 is 0. The van der Waals surface area contributed by atoms with Crippen LogP contribution in [0.4, 0.5) is 4.39 Å². The number of hydrogen-bond donors (Lipinski definition) is 1. The van der Waals surface area contributed by atoms with Gasteiger partial charge in [0.25, 0.3) is 0 Å². The highest BCUT2D eigenvalue weighted by atomic mass is 19.1. The minimum Gasteiger partial charge on any atom is -0.507 e. The second kappa shape index (κ2) is 8.52. The highest BCUT2D eigenvalue weighted by Gasteiger charge is 2.27. The van der Waals surface area contributed by atoms with E-state index in [1.165, 1.54) is 0 Å². The normalized spacial score (nSPS) is 10.8. The van der Waals surface area contributed by atoms with Crippen LogP contribution in [0.5, 0.6) is 5.75 Å². The van der Waals surface area contributed by atoms with Gasteiger partial charge in [-0.2, -0.15) is 0 Å². The van der Waals surface area contributed by atoms with Crippen molar-refractivity contribution in [1.82, 2.24) is 0 Å². The Balaban J connectivity index is 1.97. The Bertz CT molecular complexity index is 1130. The Morgan fingerprint density at radius 1 is 0.375 bits per heavy atom. The molecule has 5 aromatic rings. The van der Waals surface area contributed by atoms with Crippen LogP contribution in [-0.2, 0) is 0 Å². The maximum atomic E-state index is 16.6. The molecule has 0 fully saturated rings. The molecule has 0 bridgehead atoms. The van der Waals surface area contributed by atoms with Crippen molar-refractivity contribution in [3.63, 3.8) is 0 Å². The summed E-state index contributed by atoms with van der Waals surface area (Å²) in [6.45, 7) is 0. The van der Waals surface area contributed by atoms with Gasteiger partial charge in [0.05, 0.1) is 0 Å². The van der Waals surface area contributed by atoms with Crippen molar-refractivity contribution in [3.05, 3.63) is 127 Å². The summed E-state index contributed by atoms with van der Waals surface area (Å²) in [4.78, 5) is 0. The van der Waals surface area contributed by atoms with Gasteiger partial charge in [0.1, 0.15) is 11.6 Å². The van der Waals surface area contributed by atoms with Crippen LogP contribution in [-0.4, -0.2) is 5.11 Å². The lowest BCUT2D eigenvalue weighted by atomic mass is 9.84. The Morgan fingerprint density at radius 2 is 0.625 bits per heavy atom. The van der Waals surface area contributed by atoms with Crippen LogP contribution in [0.3, 0.4) is 0 Å². The molecule has 1 nitrogen and oxygen atoms in total. The summed E-state index contributed by atoms with van der Waals surface area (Å²) in [7, 11) is 0. The summed E-state index contributed by atoms with van der Waals surface area (Å²) in [5.74, 6) is -0.278. The molecule has 0 aliphatic carbocycles. The van der Waals surface area contributed by atoms with Gasteiger partial charge in [-0.15, -0.1) is 0 Å². The van der Waals surface area contributed by atoms with E-state index < -0.39 is 0 Å². The van der Waals surface area contributed by atoms with Crippen LogP contribution in [0, 0.1) is 5.82 Å². The van der Waals surface area contributed by atoms with Crippen LogP contribution in [0.25, 0.3) is 44.5 Å². The molecule has 1 N–H and O–H groups in total. The van der Waals surface area contributed by atoms with E-state index in [4.69, 9.17) is 0 Å². The van der Waals surface area contributed by atoms with Gasteiger partial charge in [-0.1, -0.05) is 121 Å². The quantitative estimate of drug-likeness (QED) is 0.313. The molecule has 0 aliphatic rings. The first-order chi connectivity index (χ1) is 15.8. The fourth-order valence-corrected chi connectivity index (χ4v) is 4.23. The molecule has 0 saturated heterocycles. The van der Waals surface area contributed by atoms with Crippen LogP contribution in [0.15, 0.2) is 121 Å². The lowest BCUT2D eigenvalue weighted by Crippen LogP contribution is -1.99. The first-order valence-electron chi connectivity index (χ1n) is 10.6. The average Bonchev–Trinajstić information content (AvgIpc) is 2.87. The Labute approximate surface area is 187 Å². The van der Waals surface area contributed by atoms with Crippen LogP contribution in [0.1, 0.15) is 0 Å². The van der Waals surface area contributed by atoms with E-state index in [2.05, 4.69) is 0 Å². The summed E-state index contributed by atoms with van der Waals surface area (Å²) < 4.78 is 16.6. The smallest absolute Gasteiger partial charge is 0.140 e. The number of aromatic hydroxyl groups is 1. The van der Waals surface area contributed by atoms with E-state index in [1.54, 1.807) is 0 Å². The number of benzene rings is 5. The molecular weight excluding hydrogens is 395 g/mol. The third-order valence-electron chi connectivity index (χ3n) is 5.66. The lowest BCUT2D eigenvalue weighted by molar-refractivity contribution is 0.478. The van der Waals surface area contributed by atoms with E-state index in [0.29, 0.717) is 22.3 Å². The number of phenols is 1. The topological polar surface area (TPSA) is 20.2 Å². The van der Waals surface area contributed by atoms with Gasteiger partial charge in [0, 0.05) is 22.3 Å². The molecule has 2 heteroatoms. The van der Waals surface area contributed by atoms with Crippen molar-refractivity contribution in [1.29, 1.82) is 0 Å². The zero-order chi connectivity index (χ0) is 21.9. The lowest BCUT2D eigenvalue weighted by Gasteiger charge is -2.22. The van der Waals surface area contributed by atoms with Crippen LogP contribution >= 0.6 is 0 Å². The largest absolute Gasteiger partial charge is 0.507 e. The zero-order valence-corrected chi connectivity index (χ0v) is 17.4. The van der Waals surface area contributed by atoms with Crippen molar-refractivity contribution in [2.45, 2.75) is 0 Å². The van der Waals surface area contributed by atoms with Crippen molar-refractivity contribution >= 4 is 0 Å². The molecule has 0 radical (unpaired) electrons. The Kier molecular flexibility index (Phi) is 5.27. The highest BCUT2D eigenvalue weighted by Crippen LogP contribution is 2.51. The molecule has 5 rings (SSSR count). The third-order valence-corrected chi connectivity index (χ3v) is 5.66. The van der Waals surface area contributed by atoms with Gasteiger partial charge >= 0.3 is 0 Å². The number of hydrogen-bond acceptors (Lipinski definition) is 1. The molecule has 0 heterocycles. The van der Waals surface area contributed by atoms with Gasteiger partial charge in [0.2, 0.25) is 0 Å². The first kappa shape index (κ1) is 19.8. The van der Waals surface area contributed by atoms with E-state index in [0.717, 1.165) is 22.3 Å². The molecule has 0 amide bonds. The second-order valence-electron chi connectivity index (χ2n) is 7.63. The minimum atomic E-state index is -0.349. The molecule has 32 heavy (non-hydrogen) atoms. The van der Waals surface area contributed by atoms with Gasteiger partial charge in [0.15, 0.2) is 0 Å². The molecule has 0 aliphatic heterocycles. The van der Waals surface area contributed by atoms with E-state index in [9.17, 15) is 5.11 Å². The summed E-state index contributed by atoms with van der Waals surface area (Å²) in [5.41, 5.74) is 4.74. The number of phenolic OH excluding ortho intramolecular Hbond substituents is 1. The minimum absolute atomic E-state index is 0.0708. The van der Waals surface area contributed by atoms with E-state index in [1.807, 2.05) is 121 Å². The molecular formula is C30H21FO. The van der Waals surface area contributed by atoms with E-state index in [-0.39, 0.29) is 11.6 Å². The Morgan fingerprint density at radius 3 is 0.906 bits per heavy atom. The van der Waals surface area contributed by atoms with Crippen LogP contribution in [0.2, 0.25) is 0 Å².